The lowest BCUT2D eigenvalue weighted by Gasteiger charge is -1.90. The highest BCUT2D eigenvalue weighted by Gasteiger charge is 2.13. The van der Waals surface area contributed by atoms with E-state index in [1.807, 2.05) is 0 Å². The van der Waals surface area contributed by atoms with Crippen LogP contribution in [0.5, 0.6) is 0 Å². The lowest BCUT2D eigenvalue weighted by atomic mass is 10.7. The summed E-state index contributed by atoms with van der Waals surface area (Å²) in [4.78, 5) is 13.9. The minimum atomic E-state index is -3.02. The van der Waals surface area contributed by atoms with Gasteiger partial charge in [-0.15, -0.1) is 11.3 Å². The number of rotatable bonds is 1. The van der Waals surface area contributed by atoms with Crippen molar-refractivity contribution < 1.29 is 13.6 Å². The number of hydrogen-bond donors (Lipinski definition) is 0. The van der Waals surface area contributed by atoms with Crippen molar-refractivity contribution in [2.75, 3.05) is 0 Å². The SMILES string of the molecule is Cn1ccsc1=NC(=O)C(F)F. The van der Waals surface area contributed by atoms with Gasteiger partial charge in [0.25, 0.3) is 0 Å². The van der Waals surface area contributed by atoms with Gasteiger partial charge in [0.1, 0.15) is 0 Å². The second-order valence-electron chi connectivity index (χ2n) is 2.05. The molecule has 0 aliphatic carbocycles. The average Bonchev–Trinajstić information content (AvgIpc) is 2.36. The van der Waals surface area contributed by atoms with E-state index in [0.717, 1.165) is 11.3 Å². The smallest absolute Gasteiger partial charge is 0.317 e. The number of thiazole rings is 1. The van der Waals surface area contributed by atoms with Gasteiger partial charge >= 0.3 is 12.3 Å². The largest absolute Gasteiger partial charge is 0.327 e. The highest BCUT2D eigenvalue weighted by atomic mass is 32.1. The van der Waals surface area contributed by atoms with Crippen molar-refractivity contribution in [2.24, 2.45) is 12.0 Å². The van der Waals surface area contributed by atoms with Crippen LogP contribution in [-0.4, -0.2) is 16.9 Å². The lowest BCUT2D eigenvalue weighted by molar-refractivity contribution is -0.128. The standard InChI is InChI=1S/C6H6F2N2OS/c1-10-2-3-12-6(10)9-5(11)4(7)8/h2-4H,1H3. The molecule has 1 amide bonds. The first-order chi connectivity index (χ1) is 5.61. The molecule has 6 heteroatoms. The zero-order valence-corrected chi connectivity index (χ0v) is 7.02. The summed E-state index contributed by atoms with van der Waals surface area (Å²) in [5.74, 6) is -1.40. The first-order valence-corrected chi connectivity index (χ1v) is 3.96. The summed E-state index contributed by atoms with van der Waals surface area (Å²) in [6, 6.07) is 0. The van der Waals surface area contributed by atoms with Crippen molar-refractivity contribution >= 4 is 17.2 Å². The van der Waals surface area contributed by atoms with Crippen molar-refractivity contribution in [3.63, 3.8) is 0 Å². The number of carbonyl (C=O) groups is 1. The average molecular weight is 192 g/mol. The Morgan fingerprint density at radius 2 is 2.42 bits per heavy atom. The fourth-order valence-corrected chi connectivity index (χ4v) is 1.31. The second-order valence-corrected chi connectivity index (χ2v) is 2.92. The number of alkyl halides is 2. The number of hydrogen-bond acceptors (Lipinski definition) is 2. The molecule has 3 nitrogen and oxygen atoms in total. The predicted molar refractivity (Wildman–Crippen MR) is 39.9 cm³/mol. The van der Waals surface area contributed by atoms with Crippen LogP contribution in [0.3, 0.4) is 0 Å². The van der Waals surface area contributed by atoms with Crippen LogP contribution in [-0.2, 0) is 11.8 Å². The zero-order chi connectivity index (χ0) is 9.14. The Labute approximate surface area is 71.0 Å². The quantitative estimate of drug-likeness (QED) is 0.647. The van der Waals surface area contributed by atoms with Crippen LogP contribution in [0.15, 0.2) is 16.6 Å². The van der Waals surface area contributed by atoms with E-state index in [9.17, 15) is 13.6 Å². The van der Waals surface area contributed by atoms with Gasteiger partial charge in [-0.1, -0.05) is 0 Å². The molecule has 0 radical (unpaired) electrons. The van der Waals surface area contributed by atoms with Gasteiger partial charge in [0.15, 0.2) is 4.80 Å². The normalized spacial score (nSPS) is 12.5. The molecular weight excluding hydrogens is 186 g/mol. The molecule has 12 heavy (non-hydrogen) atoms. The van der Waals surface area contributed by atoms with Crippen LogP contribution in [0.2, 0.25) is 0 Å². The van der Waals surface area contributed by atoms with Gasteiger partial charge in [-0.2, -0.15) is 13.8 Å². The predicted octanol–water partition coefficient (Wildman–Crippen LogP) is 0.779. The Hall–Kier alpha value is -1.04. The maximum absolute atomic E-state index is 11.7. The molecule has 0 N–H and O–H groups in total. The number of aromatic nitrogens is 1. The van der Waals surface area contributed by atoms with E-state index in [1.165, 1.54) is 4.57 Å². The molecule has 0 spiro atoms. The first kappa shape index (κ1) is 9.05. The molecule has 0 atom stereocenters. The van der Waals surface area contributed by atoms with E-state index in [0.29, 0.717) is 0 Å². The summed E-state index contributed by atoms with van der Waals surface area (Å²) in [5.41, 5.74) is 0. The van der Waals surface area contributed by atoms with Crippen LogP contribution in [0.1, 0.15) is 0 Å². The van der Waals surface area contributed by atoms with Crippen LogP contribution in [0, 0.1) is 0 Å². The number of carbonyl (C=O) groups excluding carboxylic acids is 1. The molecular formula is C6H6F2N2OS. The molecule has 0 aliphatic heterocycles. The Morgan fingerprint density at radius 1 is 1.75 bits per heavy atom. The molecule has 0 aromatic carbocycles. The highest BCUT2D eigenvalue weighted by Crippen LogP contribution is 1.94. The van der Waals surface area contributed by atoms with Crippen LogP contribution in [0.25, 0.3) is 0 Å². The Bertz CT molecular complexity index is 341. The third-order valence-electron chi connectivity index (χ3n) is 1.15. The van der Waals surface area contributed by atoms with E-state index in [4.69, 9.17) is 0 Å². The van der Waals surface area contributed by atoms with E-state index in [-0.39, 0.29) is 4.80 Å². The fraction of sp³-hybridized carbons (Fsp3) is 0.333. The minimum Gasteiger partial charge on any atom is -0.327 e. The fourth-order valence-electron chi connectivity index (χ4n) is 0.578. The van der Waals surface area contributed by atoms with Gasteiger partial charge < -0.3 is 4.57 Å². The molecule has 0 aliphatic rings. The van der Waals surface area contributed by atoms with Crippen molar-refractivity contribution in [2.45, 2.75) is 6.43 Å². The molecule has 0 saturated heterocycles. The lowest BCUT2D eigenvalue weighted by Crippen LogP contribution is -2.16. The third kappa shape index (κ3) is 1.97. The number of aryl methyl sites for hydroxylation is 1. The molecule has 1 aromatic rings. The summed E-state index contributed by atoms with van der Waals surface area (Å²) < 4.78 is 24.9. The number of amides is 1. The Balaban J connectivity index is 2.98. The topological polar surface area (TPSA) is 34.4 Å². The third-order valence-corrected chi connectivity index (χ3v) is 2.00. The summed E-state index contributed by atoms with van der Waals surface area (Å²) in [6.07, 6.45) is -1.38. The van der Waals surface area contributed by atoms with Gasteiger partial charge in [0, 0.05) is 18.6 Å². The molecule has 0 unspecified atom stereocenters. The number of nitrogens with zero attached hydrogens (tertiary/aromatic N) is 2. The van der Waals surface area contributed by atoms with E-state index >= 15 is 0 Å². The van der Waals surface area contributed by atoms with Gasteiger partial charge in [-0.05, 0) is 0 Å². The van der Waals surface area contributed by atoms with E-state index in [1.54, 1.807) is 18.6 Å². The number of halogens is 2. The van der Waals surface area contributed by atoms with E-state index < -0.39 is 12.3 Å². The van der Waals surface area contributed by atoms with Gasteiger partial charge in [-0.3, -0.25) is 4.79 Å². The molecule has 0 bridgehead atoms. The van der Waals surface area contributed by atoms with Crippen molar-refractivity contribution in [3.05, 3.63) is 16.4 Å². The van der Waals surface area contributed by atoms with Gasteiger partial charge in [0.05, 0.1) is 0 Å². The summed E-state index contributed by atoms with van der Waals surface area (Å²) in [5, 5.41) is 1.66. The van der Waals surface area contributed by atoms with Gasteiger partial charge in [0.2, 0.25) is 0 Å². The molecule has 1 heterocycles. The maximum atomic E-state index is 11.7. The molecule has 66 valence electrons. The van der Waals surface area contributed by atoms with Crippen LogP contribution < -0.4 is 4.80 Å². The molecule has 0 fully saturated rings. The minimum absolute atomic E-state index is 0.278. The summed E-state index contributed by atoms with van der Waals surface area (Å²) >= 11 is 1.14. The second kappa shape index (κ2) is 3.57. The van der Waals surface area contributed by atoms with Crippen molar-refractivity contribution in [1.29, 1.82) is 0 Å². The van der Waals surface area contributed by atoms with Crippen molar-refractivity contribution in [3.8, 4) is 0 Å². The molecule has 1 rings (SSSR count). The van der Waals surface area contributed by atoms with Crippen LogP contribution >= 0.6 is 11.3 Å². The summed E-state index contributed by atoms with van der Waals surface area (Å²) in [6.45, 7) is 0. The highest BCUT2D eigenvalue weighted by molar-refractivity contribution is 7.07. The van der Waals surface area contributed by atoms with E-state index in [2.05, 4.69) is 4.99 Å². The molecule has 1 aromatic heterocycles. The Morgan fingerprint density at radius 3 is 2.83 bits per heavy atom. The maximum Gasteiger partial charge on any atom is 0.317 e. The van der Waals surface area contributed by atoms with Crippen molar-refractivity contribution in [1.82, 2.24) is 4.57 Å². The van der Waals surface area contributed by atoms with Gasteiger partial charge in [-0.25, -0.2) is 0 Å². The Kier molecular flexibility index (Phi) is 2.69. The zero-order valence-electron chi connectivity index (χ0n) is 6.20. The summed E-state index contributed by atoms with van der Waals surface area (Å²) in [7, 11) is 1.63. The monoisotopic (exact) mass is 192 g/mol. The van der Waals surface area contributed by atoms with Crippen LogP contribution in [0.4, 0.5) is 8.78 Å². The molecule has 0 saturated carbocycles. The first-order valence-electron chi connectivity index (χ1n) is 3.08.